The lowest BCUT2D eigenvalue weighted by Crippen LogP contribution is -2.30. The summed E-state index contributed by atoms with van der Waals surface area (Å²) in [5.41, 5.74) is 0. The van der Waals surface area contributed by atoms with Crippen LogP contribution in [-0.2, 0) is 14.3 Å². The molecule has 0 saturated carbocycles. The van der Waals surface area contributed by atoms with Crippen LogP contribution < -0.4 is 0 Å². The molecule has 1 heterocycles. The molecule has 0 radical (unpaired) electrons. The molecule has 4 heteroatoms. The van der Waals surface area contributed by atoms with Gasteiger partial charge in [0.25, 0.3) is 0 Å². The van der Waals surface area contributed by atoms with E-state index in [1.54, 1.807) is 26.8 Å². The van der Waals surface area contributed by atoms with Crippen LogP contribution in [0.1, 0.15) is 33.6 Å². The zero-order chi connectivity index (χ0) is 13.8. The third-order valence-corrected chi connectivity index (χ3v) is 2.45. The molecular formula is C14H20O4. The number of carbonyl (C=O) groups excluding carboxylic acids is 1. The van der Waals surface area contributed by atoms with Gasteiger partial charge in [-0.15, -0.1) is 6.58 Å². The molecule has 3 atom stereocenters. The molecule has 0 bridgehead atoms. The second-order valence-electron chi connectivity index (χ2n) is 4.84. The molecule has 1 fully saturated rings. The number of ketones is 1. The van der Waals surface area contributed by atoms with Crippen LogP contribution >= 0.6 is 0 Å². The van der Waals surface area contributed by atoms with Crippen molar-refractivity contribution in [3.63, 3.8) is 0 Å². The van der Waals surface area contributed by atoms with E-state index in [1.807, 2.05) is 0 Å². The molecule has 1 saturated heterocycles. The quantitative estimate of drug-likeness (QED) is 0.467. The first-order valence-electron chi connectivity index (χ1n) is 6.03. The lowest BCUT2D eigenvalue weighted by atomic mass is 10.1. The topological polar surface area (TPSA) is 55.8 Å². The van der Waals surface area contributed by atoms with E-state index in [0.29, 0.717) is 6.42 Å². The highest BCUT2D eigenvalue weighted by atomic mass is 16.8. The molecular weight excluding hydrogens is 232 g/mol. The Morgan fingerprint density at radius 3 is 2.78 bits per heavy atom. The van der Waals surface area contributed by atoms with Gasteiger partial charge in [0.2, 0.25) is 5.78 Å². The van der Waals surface area contributed by atoms with Crippen molar-refractivity contribution in [1.82, 2.24) is 0 Å². The highest BCUT2D eigenvalue weighted by molar-refractivity contribution is 5.99. The first kappa shape index (κ1) is 14.9. The summed E-state index contributed by atoms with van der Waals surface area (Å²) in [5, 5.41) is 9.07. The molecule has 1 aliphatic heterocycles. The van der Waals surface area contributed by atoms with Crippen LogP contribution in [0.15, 0.2) is 12.7 Å². The number of aliphatic hydroxyl groups excluding tert-OH is 1. The molecule has 0 unspecified atom stereocenters. The standard InChI is InChI=1S/C14H20O4/c1-5-7-12-13(18-14(3,4)17-12)11(16)9-6-8-10(2)15/h5,10,12-13,15H,1,7-8H2,2-4H3/t10-,12-,13+/m0/s1. The number of ether oxygens (including phenoxy) is 2. The van der Waals surface area contributed by atoms with E-state index in [1.165, 1.54) is 0 Å². The molecule has 0 aromatic carbocycles. The van der Waals surface area contributed by atoms with Gasteiger partial charge in [-0.2, -0.15) is 0 Å². The van der Waals surface area contributed by atoms with Gasteiger partial charge in [0.1, 0.15) is 0 Å². The van der Waals surface area contributed by atoms with Crippen LogP contribution in [0.25, 0.3) is 0 Å². The van der Waals surface area contributed by atoms with Gasteiger partial charge in [-0.3, -0.25) is 4.79 Å². The van der Waals surface area contributed by atoms with Crippen molar-refractivity contribution in [1.29, 1.82) is 0 Å². The minimum atomic E-state index is -0.778. The SMILES string of the molecule is C=CC[C@@H]1OC(C)(C)O[C@@H]1C(=O)C#CC[C@H](C)O. The van der Waals surface area contributed by atoms with Gasteiger partial charge < -0.3 is 14.6 Å². The third kappa shape index (κ3) is 4.26. The summed E-state index contributed by atoms with van der Waals surface area (Å²) in [6, 6.07) is 0. The smallest absolute Gasteiger partial charge is 0.237 e. The Morgan fingerprint density at radius 2 is 2.22 bits per heavy atom. The van der Waals surface area contributed by atoms with E-state index in [-0.39, 0.29) is 18.3 Å². The molecule has 0 amide bonds. The Kier molecular flexibility index (Phi) is 5.09. The van der Waals surface area contributed by atoms with Gasteiger partial charge in [0.05, 0.1) is 12.2 Å². The monoisotopic (exact) mass is 252 g/mol. The Hall–Kier alpha value is -1.15. The minimum Gasteiger partial charge on any atom is -0.392 e. The zero-order valence-corrected chi connectivity index (χ0v) is 11.1. The van der Waals surface area contributed by atoms with Crippen LogP contribution in [0.5, 0.6) is 0 Å². The Bertz CT molecular complexity index is 373. The second-order valence-corrected chi connectivity index (χ2v) is 4.84. The number of aliphatic hydroxyl groups is 1. The minimum absolute atomic E-state index is 0.273. The van der Waals surface area contributed by atoms with Crippen molar-refractivity contribution < 1.29 is 19.4 Å². The first-order valence-corrected chi connectivity index (χ1v) is 6.03. The number of rotatable bonds is 4. The van der Waals surface area contributed by atoms with E-state index >= 15 is 0 Å². The number of hydrogen-bond acceptors (Lipinski definition) is 4. The maximum Gasteiger partial charge on any atom is 0.237 e. The summed E-state index contributed by atoms with van der Waals surface area (Å²) in [6.07, 6.45) is 0.947. The molecule has 1 aliphatic rings. The molecule has 0 spiro atoms. The predicted octanol–water partition coefficient (Wildman–Crippen LogP) is 1.43. The van der Waals surface area contributed by atoms with Gasteiger partial charge in [-0.25, -0.2) is 0 Å². The number of hydrogen-bond donors (Lipinski definition) is 1. The average Bonchev–Trinajstić information content (AvgIpc) is 2.54. The van der Waals surface area contributed by atoms with Crippen molar-refractivity contribution in [2.24, 2.45) is 0 Å². The number of Topliss-reactive ketones (excluding diaryl/α,β-unsaturated/α-hetero) is 1. The number of carbonyl (C=O) groups is 1. The van der Waals surface area contributed by atoms with Crippen LogP contribution in [0.2, 0.25) is 0 Å². The van der Waals surface area contributed by atoms with Gasteiger partial charge >= 0.3 is 0 Å². The Morgan fingerprint density at radius 1 is 1.56 bits per heavy atom. The normalized spacial score (nSPS) is 27.1. The van der Waals surface area contributed by atoms with E-state index in [0.717, 1.165) is 0 Å². The van der Waals surface area contributed by atoms with Crippen molar-refractivity contribution in [3.8, 4) is 11.8 Å². The molecule has 1 N–H and O–H groups in total. The summed E-state index contributed by atoms with van der Waals surface area (Å²) in [7, 11) is 0. The van der Waals surface area contributed by atoms with Crippen LogP contribution in [0, 0.1) is 11.8 Å². The molecule has 100 valence electrons. The summed E-state index contributed by atoms with van der Waals surface area (Å²) in [6.45, 7) is 8.79. The fourth-order valence-corrected chi connectivity index (χ4v) is 1.75. The fourth-order valence-electron chi connectivity index (χ4n) is 1.75. The van der Waals surface area contributed by atoms with E-state index in [4.69, 9.17) is 14.6 Å². The van der Waals surface area contributed by atoms with Crippen LogP contribution in [0.4, 0.5) is 0 Å². The van der Waals surface area contributed by atoms with Gasteiger partial charge in [0.15, 0.2) is 11.9 Å². The lowest BCUT2D eigenvalue weighted by molar-refractivity contribution is -0.152. The van der Waals surface area contributed by atoms with Crippen molar-refractivity contribution in [3.05, 3.63) is 12.7 Å². The fraction of sp³-hybridized carbons (Fsp3) is 0.643. The maximum absolute atomic E-state index is 11.9. The average molecular weight is 252 g/mol. The second kappa shape index (κ2) is 6.14. The Labute approximate surface area is 108 Å². The molecule has 18 heavy (non-hydrogen) atoms. The Balaban J connectivity index is 2.69. The van der Waals surface area contributed by atoms with Crippen LogP contribution in [0.3, 0.4) is 0 Å². The molecule has 4 nitrogen and oxygen atoms in total. The van der Waals surface area contributed by atoms with Gasteiger partial charge in [-0.05, 0) is 33.1 Å². The summed E-state index contributed by atoms with van der Waals surface area (Å²) in [5.74, 6) is 4.04. The zero-order valence-electron chi connectivity index (χ0n) is 11.1. The maximum atomic E-state index is 11.9. The predicted molar refractivity (Wildman–Crippen MR) is 67.7 cm³/mol. The van der Waals surface area contributed by atoms with Crippen molar-refractivity contribution >= 4 is 5.78 Å². The largest absolute Gasteiger partial charge is 0.392 e. The lowest BCUT2D eigenvalue weighted by Gasteiger charge is -2.16. The van der Waals surface area contributed by atoms with E-state index < -0.39 is 18.0 Å². The van der Waals surface area contributed by atoms with E-state index in [2.05, 4.69) is 18.4 Å². The van der Waals surface area contributed by atoms with E-state index in [9.17, 15) is 4.79 Å². The molecule has 0 aromatic heterocycles. The highest BCUT2D eigenvalue weighted by Gasteiger charge is 2.43. The summed E-state index contributed by atoms with van der Waals surface area (Å²) in [4.78, 5) is 11.9. The van der Waals surface area contributed by atoms with Crippen molar-refractivity contribution in [2.75, 3.05) is 0 Å². The third-order valence-electron chi connectivity index (χ3n) is 2.45. The van der Waals surface area contributed by atoms with Crippen LogP contribution in [-0.4, -0.2) is 35.0 Å². The highest BCUT2D eigenvalue weighted by Crippen LogP contribution is 2.30. The van der Waals surface area contributed by atoms with Crippen molar-refractivity contribution in [2.45, 2.75) is 57.7 Å². The summed E-state index contributed by atoms with van der Waals surface area (Å²) >= 11 is 0. The molecule has 1 rings (SSSR count). The van der Waals surface area contributed by atoms with Gasteiger partial charge in [-0.1, -0.05) is 12.0 Å². The molecule has 0 aromatic rings. The summed E-state index contributed by atoms with van der Waals surface area (Å²) < 4.78 is 11.2. The molecule has 0 aliphatic carbocycles. The first-order chi connectivity index (χ1) is 8.35. The van der Waals surface area contributed by atoms with Gasteiger partial charge in [0, 0.05) is 6.42 Å².